The molecular weight excluding hydrogens is 380 g/mol. The highest BCUT2D eigenvalue weighted by molar-refractivity contribution is 6.00. The molecule has 2 N–H and O–H groups in total. The standard InChI is InChI=1S/C24H22N2O4/c1-16(30-24(29)19-12-14-20(15-13-19)25-17(2)27)23(28)26-22-11-7-6-10-21(22)18-8-4-3-5-9-18/h3-16H,1-2H3,(H,25,27)(H,26,28)/t16-/m1/s1. The summed E-state index contributed by atoms with van der Waals surface area (Å²) in [5, 5.41) is 5.45. The van der Waals surface area contributed by atoms with Crippen LogP contribution in [0.15, 0.2) is 78.9 Å². The number of hydrogen-bond donors (Lipinski definition) is 2. The number of anilines is 2. The van der Waals surface area contributed by atoms with Crippen molar-refractivity contribution in [2.45, 2.75) is 20.0 Å². The van der Waals surface area contributed by atoms with E-state index in [9.17, 15) is 14.4 Å². The van der Waals surface area contributed by atoms with Gasteiger partial charge in [-0.25, -0.2) is 4.79 Å². The van der Waals surface area contributed by atoms with Crippen LogP contribution in [0.5, 0.6) is 0 Å². The van der Waals surface area contributed by atoms with Gasteiger partial charge in [-0.05, 0) is 42.8 Å². The molecule has 3 aromatic carbocycles. The molecule has 1 atom stereocenters. The van der Waals surface area contributed by atoms with Crippen LogP contribution in [-0.2, 0) is 14.3 Å². The molecule has 0 aromatic heterocycles. The fourth-order valence-corrected chi connectivity index (χ4v) is 2.87. The number of hydrogen-bond acceptors (Lipinski definition) is 4. The Labute approximate surface area is 174 Å². The number of rotatable bonds is 6. The molecule has 30 heavy (non-hydrogen) atoms. The number of carbonyl (C=O) groups excluding carboxylic acids is 3. The van der Waals surface area contributed by atoms with E-state index in [-0.39, 0.29) is 11.5 Å². The topological polar surface area (TPSA) is 84.5 Å². The smallest absolute Gasteiger partial charge is 0.338 e. The molecule has 0 fully saturated rings. The molecule has 0 saturated carbocycles. The number of nitrogens with one attached hydrogen (secondary N) is 2. The molecule has 0 spiro atoms. The summed E-state index contributed by atoms with van der Waals surface area (Å²) >= 11 is 0. The third-order valence-corrected chi connectivity index (χ3v) is 4.36. The molecule has 2 amide bonds. The number of amides is 2. The highest BCUT2D eigenvalue weighted by atomic mass is 16.5. The normalized spacial score (nSPS) is 11.3. The average molecular weight is 402 g/mol. The fourth-order valence-electron chi connectivity index (χ4n) is 2.87. The van der Waals surface area contributed by atoms with Gasteiger partial charge in [-0.2, -0.15) is 0 Å². The molecule has 0 heterocycles. The Kier molecular flexibility index (Phi) is 6.60. The molecule has 0 aliphatic carbocycles. The van der Waals surface area contributed by atoms with Crippen LogP contribution >= 0.6 is 0 Å². The van der Waals surface area contributed by atoms with Crippen LogP contribution in [0.2, 0.25) is 0 Å². The van der Waals surface area contributed by atoms with Gasteiger partial charge < -0.3 is 15.4 Å². The average Bonchev–Trinajstić information content (AvgIpc) is 2.74. The van der Waals surface area contributed by atoms with Crippen LogP contribution in [0.4, 0.5) is 11.4 Å². The summed E-state index contributed by atoms with van der Waals surface area (Å²) in [6.07, 6.45) is -0.989. The highest BCUT2D eigenvalue weighted by Gasteiger charge is 2.20. The third-order valence-electron chi connectivity index (χ3n) is 4.36. The quantitative estimate of drug-likeness (QED) is 0.595. The minimum absolute atomic E-state index is 0.202. The molecule has 0 bridgehead atoms. The summed E-state index contributed by atoms with van der Waals surface area (Å²) in [7, 11) is 0. The first-order valence-electron chi connectivity index (χ1n) is 9.48. The van der Waals surface area contributed by atoms with Crippen LogP contribution < -0.4 is 10.6 Å². The number of carbonyl (C=O) groups is 3. The summed E-state index contributed by atoms with van der Waals surface area (Å²) in [5.74, 6) is -1.25. The molecule has 6 heteroatoms. The third kappa shape index (κ3) is 5.32. The first-order valence-corrected chi connectivity index (χ1v) is 9.48. The maximum absolute atomic E-state index is 12.6. The lowest BCUT2D eigenvalue weighted by atomic mass is 10.0. The Bertz CT molecular complexity index is 1050. The van der Waals surface area contributed by atoms with Gasteiger partial charge in [0, 0.05) is 23.9 Å². The number of ether oxygens (including phenoxy) is 1. The molecule has 0 aliphatic rings. The summed E-state index contributed by atoms with van der Waals surface area (Å²) in [4.78, 5) is 36.0. The minimum atomic E-state index is -0.989. The van der Waals surface area contributed by atoms with E-state index in [2.05, 4.69) is 10.6 Å². The molecule has 0 saturated heterocycles. The maximum atomic E-state index is 12.6. The van der Waals surface area contributed by atoms with Crippen molar-refractivity contribution in [2.24, 2.45) is 0 Å². The van der Waals surface area contributed by atoms with E-state index in [1.807, 2.05) is 48.5 Å². The van der Waals surface area contributed by atoms with Gasteiger partial charge in [0.25, 0.3) is 5.91 Å². The molecule has 3 rings (SSSR count). The van der Waals surface area contributed by atoms with E-state index >= 15 is 0 Å². The van der Waals surface area contributed by atoms with Crippen molar-refractivity contribution in [3.63, 3.8) is 0 Å². The van der Waals surface area contributed by atoms with E-state index in [0.717, 1.165) is 11.1 Å². The van der Waals surface area contributed by atoms with Crippen LogP contribution in [-0.4, -0.2) is 23.9 Å². The van der Waals surface area contributed by atoms with Crippen molar-refractivity contribution < 1.29 is 19.1 Å². The van der Waals surface area contributed by atoms with Crippen molar-refractivity contribution in [3.05, 3.63) is 84.4 Å². The number of benzene rings is 3. The second-order valence-corrected chi connectivity index (χ2v) is 6.71. The lowest BCUT2D eigenvalue weighted by Crippen LogP contribution is -2.30. The molecule has 152 valence electrons. The molecular formula is C24H22N2O4. The van der Waals surface area contributed by atoms with Crippen molar-refractivity contribution in [2.75, 3.05) is 10.6 Å². The van der Waals surface area contributed by atoms with Gasteiger partial charge in [0.1, 0.15) is 0 Å². The predicted octanol–water partition coefficient (Wildman–Crippen LogP) is 4.50. The monoisotopic (exact) mass is 402 g/mol. The SMILES string of the molecule is CC(=O)Nc1ccc(C(=O)O[C@H](C)C(=O)Nc2ccccc2-c2ccccc2)cc1. The van der Waals surface area contributed by atoms with Crippen LogP contribution in [0, 0.1) is 0 Å². The molecule has 0 radical (unpaired) electrons. The predicted molar refractivity (Wildman–Crippen MR) is 116 cm³/mol. The second-order valence-electron chi connectivity index (χ2n) is 6.71. The van der Waals surface area contributed by atoms with Gasteiger partial charge in [-0.3, -0.25) is 9.59 Å². The molecule has 0 unspecified atom stereocenters. The first kappa shape index (κ1) is 20.8. The summed E-state index contributed by atoms with van der Waals surface area (Å²) < 4.78 is 5.30. The summed E-state index contributed by atoms with van der Waals surface area (Å²) in [5.41, 5.74) is 3.34. The Balaban J connectivity index is 1.65. The zero-order valence-corrected chi connectivity index (χ0v) is 16.7. The van der Waals surface area contributed by atoms with E-state index in [4.69, 9.17) is 4.74 Å². The van der Waals surface area contributed by atoms with Gasteiger partial charge in [-0.15, -0.1) is 0 Å². The van der Waals surface area contributed by atoms with E-state index in [1.54, 1.807) is 18.2 Å². The van der Waals surface area contributed by atoms with Crippen LogP contribution in [0.1, 0.15) is 24.2 Å². The van der Waals surface area contributed by atoms with Crippen molar-refractivity contribution in [1.29, 1.82) is 0 Å². The molecule has 3 aromatic rings. The largest absolute Gasteiger partial charge is 0.449 e. The Morgan fingerprint density at radius 3 is 2.10 bits per heavy atom. The van der Waals surface area contributed by atoms with E-state index in [1.165, 1.54) is 26.0 Å². The number of esters is 1. The first-order chi connectivity index (χ1) is 14.4. The van der Waals surface area contributed by atoms with Crippen molar-refractivity contribution >= 4 is 29.2 Å². The Morgan fingerprint density at radius 2 is 1.43 bits per heavy atom. The van der Waals surface area contributed by atoms with Crippen LogP contribution in [0.3, 0.4) is 0 Å². The molecule has 0 aliphatic heterocycles. The number of para-hydroxylation sites is 1. The highest BCUT2D eigenvalue weighted by Crippen LogP contribution is 2.27. The molecule has 6 nitrogen and oxygen atoms in total. The second kappa shape index (κ2) is 9.52. The van der Waals surface area contributed by atoms with Crippen molar-refractivity contribution in [1.82, 2.24) is 0 Å². The van der Waals surface area contributed by atoms with Gasteiger partial charge in [-0.1, -0.05) is 48.5 Å². The van der Waals surface area contributed by atoms with E-state index < -0.39 is 18.0 Å². The Hall–Kier alpha value is -3.93. The van der Waals surface area contributed by atoms with Crippen molar-refractivity contribution in [3.8, 4) is 11.1 Å². The maximum Gasteiger partial charge on any atom is 0.338 e. The van der Waals surface area contributed by atoms with Gasteiger partial charge >= 0.3 is 5.97 Å². The minimum Gasteiger partial charge on any atom is -0.449 e. The van der Waals surface area contributed by atoms with Gasteiger partial charge in [0.2, 0.25) is 5.91 Å². The van der Waals surface area contributed by atoms with E-state index in [0.29, 0.717) is 11.4 Å². The Morgan fingerprint density at radius 1 is 0.800 bits per heavy atom. The zero-order valence-electron chi connectivity index (χ0n) is 16.7. The van der Waals surface area contributed by atoms with Crippen LogP contribution in [0.25, 0.3) is 11.1 Å². The van der Waals surface area contributed by atoms with Gasteiger partial charge in [0.15, 0.2) is 6.10 Å². The zero-order chi connectivity index (χ0) is 21.5. The summed E-state index contributed by atoms with van der Waals surface area (Å²) in [6, 6.07) is 23.4. The van der Waals surface area contributed by atoms with Gasteiger partial charge in [0.05, 0.1) is 5.56 Å². The summed E-state index contributed by atoms with van der Waals surface area (Å²) in [6.45, 7) is 2.92. The lowest BCUT2D eigenvalue weighted by Gasteiger charge is -2.16. The lowest BCUT2D eigenvalue weighted by molar-refractivity contribution is -0.123. The fraction of sp³-hybridized carbons (Fsp3) is 0.125.